The number of aliphatic carboxylic acids is 1. The predicted octanol–water partition coefficient (Wildman–Crippen LogP) is 1.05. The van der Waals surface area contributed by atoms with Crippen LogP contribution in [0.3, 0.4) is 0 Å². The van der Waals surface area contributed by atoms with Crippen LogP contribution in [0.15, 0.2) is 17.5 Å². The van der Waals surface area contributed by atoms with Crippen LogP contribution in [0.25, 0.3) is 0 Å². The Morgan fingerprint density at radius 2 is 2.05 bits per heavy atom. The molecule has 1 rings (SSSR count). The molecule has 7 heteroatoms. The topological polar surface area (TPSA) is 104 Å². The average Bonchev–Trinajstić information content (AvgIpc) is 2.95. The maximum Gasteiger partial charge on any atom is 0.334 e. The van der Waals surface area contributed by atoms with Crippen molar-refractivity contribution in [3.05, 3.63) is 22.4 Å². The maximum absolute atomic E-state index is 11.7. The number of carbonyl (C=O) groups excluding carboxylic acids is 2. The summed E-state index contributed by atoms with van der Waals surface area (Å²) in [5.41, 5.74) is 0. The summed E-state index contributed by atoms with van der Waals surface area (Å²) in [4.78, 5) is 34.6. The zero-order valence-electron chi connectivity index (χ0n) is 11.0. The first-order valence-corrected chi connectivity index (χ1v) is 7.10. The second-order valence-electron chi connectivity index (χ2n) is 4.27. The number of hydrogen-bond donors (Lipinski definition) is 3. The minimum Gasteiger partial charge on any atom is -0.479 e. The van der Waals surface area contributed by atoms with E-state index in [9.17, 15) is 19.5 Å². The van der Waals surface area contributed by atoms with Gasteiger partial charge < -0.3 is 15.5 Å². The van der Waals surface area contributed by atoms with Gasteiger partial charge in [-0.25, -0.2) is 4.79 Å². The van der Waals surface area contributed by atoms with Crippen molar-refractivity contribution in [2.45, 2.75) is 38.3 Å². The van der Waals surface area contributed by atoms with E-state index < -0.39 is 24.0 Å². The highest BCUT2D eigenvalue weighted by Crippen LogP contribution is 2.12. The molecule has 0 saturated carbocycles. The minimum atomic E-state index is -1.64. The van der Waals surface area contributed by atoms with E-state index in [0.717, 1.165) is 0 Å². The number of thiophene rings is 1. The summed E-state index contributed by atoms with van der Waals surface area (Å²) in [6.07, 6.45) is -1.32. The van der Waals surface area contributed by atoms with Crippen molar-refractivity contribution in [1.82, 2.24) is 5.32 Å². The summed E-state index contributed by atoms with van der Waals surface area (Å²) < 4.78 is 0. The molecule has 0 aliphatic heterocycles. The molecule has 1 aromatic rings. The lowest BCUT2D eigenvalue weighted by Crippen LogP contribution is -2.46. The van der Waals surface area contributed by atoms with Crippen molar-refractivity contribution in [1.29, 1.82) is 0 Å². The minimum absolute atomic E-state index is 0.0282. The summed E-state index contributed by atoms with van der Waals surface area (Å²) in [7, 11) is 0. The van der Waals surface area contributed by atoms with Crippen molar-refractivity contribution in [3.63, 3.8) is 0 Å². The van der Waals surface area contributed by atoms with E-state index in [1.807, 2.05) is 0 Å². The Balaban J connectivity index is 2.43. The molecule has 3 N–H and O–H groups in total. The van der Waals surface area contributed by atoms with Gasteiger partial charge in [-0.2, -0.15) is 0 Å². The number of aliphatic hydroxyl groups is 1. The Bertz CT molecular complexity index is 471. The lowest BCUT2D eigenvalue weighted by molar-refractivity contribution is -0.148. The number of aliphatic hydroxyl groups excluding tert-OH is 1. The molecule has 20 heavy (non-hydrogen) atoms. The number of carbonyl (C=O) groups is 3. The zero-order chi connectivity index (χ0) is 15.1. The lowest BCUT2D eigenvalue weighted by atomic mass is 10.1. The van der Waals surface area contributed by atoms with E-state index in [1.165, 1.54) is 11.3 Å². The van der Waals surface area contributed by atoms with Gasteiger partial charge in [0.2, 0.25) is 5.91 Å². The summed E-state index contributed by atoms with van der Waals surface area (Å²) in [5.74, 6) is -1.95. The number of hydrogen-bond acceptors (Lipinski definition) is 5. The first-order valence-electron chi connectivity index (χ1n) is 6.22. The molecular weight excluding hydrogens is 282 g/mol. The first kappa shape index (κ1) is 16.3. The molecule has 0 bridgehead atoms. The van der Waals surface area contributed by atoms with Gasteiger partial charge >= 0.3 is 5.97 Å². The SMILES string of the molecule is CCC(NC(=O)CCC(=O)c1cccs1)C(O)C(=O)O. The molecule has 0 radical (unpaired) electrons. The van der Waals surface area contributed by atoms with Gasteiger partial charge in [0.1, 0.15) is 0 Å². The molecule has 110 valence electrons. The second kappa shape index (κ2) is 7.76. The monoisotopic (exact) mass is 299 g/mol. The third kappa shape index (κ3) is 4.75. The fourth-order valence-corrected chi connectivity index (χ4v) is 2.34. The van der Waals surface area contributed by atoms with Gasteiger partial charge in [-0.05, 0) is 17.9 Å². The number of amides is 1. The molecule has 0 fully saturated rings. The first-order chi connectivity index (χ1) is 9.45. The third-order valence-electron chi connectivity index (χ3n) is 2.80. The van der Waals surface area contributed by atoms with Gasteiger partial charge in [0.25, 0.3) is 0 Å². The molecule has 0 aliphatic rings. The van der Waals surface area contributed by atoms with Gasteiger partial charge in [0, 0.05) is 12.8 Å². The van der Waals surface area contributed by atoms with Crippen molar-refractivity contribution >= 4 is 29.0 Å². The van der Waals surface area contributed by atoms with Gasteiger partial charge in [-0.15, -0.1) is 11.3 Å². The van der Waals surface area contributed by atoms with Crippen LogP contribution >= 0.6 is 11.3 Å². The van der Waals surface area contributed by atoms with E-state index in [0.29, 0.717) is 4.88 Å². The average molecular weight is 299 g/mol. The van der Waals surface area contributed by atoms with Crippen LogP contribution in [0.1, 0.15) is 35.9 Å². The molecule has 6 nitrogen and oxygen atoms in total. The molecule has 0 spiro atoms. The molecule has 0 saturated heterocycles. The summed E-state index contributed by atoms with van der Waals surface area (Å²) in [6.45, 7) is 1.66. The van der Waals surface area contributed by atoms with Crippen LogP contribution in [-0.2, 0) is 9.59 Å². The summed E-state index contributed by atoms with van der Waals surface area (Å²) in [5, 5.41) is 22.3. The van der Waals surface area contributed by atoms with E-state index in [4.69, 9.17) is 5.11 Å². The van der Waals surface area contributed by atoms with Crippen LogP contribution < -0.4 is 5.32 Å². The largest absolute Gasteiger partial charge is 0.479 e. The van der Waals surface area contributed by atoms with E-state index in [2.05, 4.69) is 5.32 Å². The molecule has 1 amide bonds. The Morgan fingerprint density at radius 1 is 1.35 bits per heavy atom. The number of Topliss-reactive ketones (excluding diaryl/α,β-unsaturated/α-hetero) is 1. The van der Waals surface area contributed by atoms with Crippen LogP contribution in [0.2, 0.25) is 0 Å². The van der Waals surface area contributed by atoms with Gasteiger partial charge in [-0.1, -0.05) is 13.0 Å². The predicted molar refractivity (Wildman–Crippen MR) is 73.7 cm³/mol. The lowest BCUT2D eigenvalue weighted by Gasteiger charge is -2.19. The van der Waals surface area contributed by atoms with E-state index in [1.54, 1.807) is 24.4 Å². The number of carboxylic acids is 1. The fourth-order valence-electron chi connectivity index (χ4n) is 1.64. The third-order valence-corrected chi connectivity index (χ3v) is 3.71. The highest BCUT2D eigenvalue weighted by atomic mass is 32.1. The molecule has 2 unspecified atom stereocenters. The molecular formula is C13H17NO5S. The zero-order valence-corrected chi connectivity index (χ0v) is 11.9. The van der Waals surface area contributed by atoms with Crippen LogP contribution in [0.5, 0.6) is 0 Å². The fraction of sp³-hybridized carbons (Fsp3) is 0.462. The van der Waals surface area contributed by atoms with Gasteiger partial charge in [-0.3, -0.25) is 9.59 Å². The quantitative estimate of drug-likeness (QED) is 0.622. The summed E-state index contributed by atoms with van der Waals surface area (Å²) in [6, 6.07) is 2.60. The molecule has 0 aliphatic carbocycles. The highest BCUT2D eigenvalue weighted by Gasteiger charge is 2.25. The van der Waals surface area contributed by atoms with E-state index in [-0.39, 0.29) is 25.0 Å². The number of carboxylic acid groups (broad SMARTS) is 1. The van der Waals surface area contributed by atoms with Gasteiger partial charge in [0.05, 0.1) is 10.9 Å². The Hall–Kier alpha value is -1.73. The van der Waals surface area contributed by atoms with Gasteiger partial charge in [0.15, 0.2) is 11.9 Å². The molecule has 2 atom stereocenters. The molecule has 1 aromatic heterocycles. The van der Waals surface area contributed by atoms with Crippen molar-refractivity contribution in [3.8, 4) is 0 Å². The van der Waals surface area contributed by atoms with Crippen LogP contribution in [0, 0.1) is 0 Å². The molecule has 1 heterocycles. The highest BCUT2D eigenvalue weighted by molar-refractivity contribution is 7.12. The normalized spacial score (nSPS) is 13.5. The standard InChI is InChI=1S/C13H17NO5S/c1-2-8(12(17)13(18)19)14-11(16)6-5-9(15)10-4-3-7-20-10/h3-4,7-8,12,17H,2,5-6H2,1H3,(H,14,16)(H,18,19). The van der Waals surface area contributed by atoms with E-state index >= 15 is 0 Å². The van der Waals surface area contributed by atoms with Crippen LogP contribution in [0.4, 0.5) is 0 Å². The second-order valence-corrected chi connectivity index (χ2v) is 5.21. The smallest absolute Gasteiger partial charge is 0.334 e. The number of nitrogens with one attached hydrogen (secondary N) is 1. The number of ketones is 1. The van der Waals surface area contributed by atoms with Crippen LogP contribution in [-0.4, -0.2) is 40.0 Å². The maximum atomic E-state index is 11.7. The Labute approximate surface area is 120 Å². The Kier molecular flexibility index (Phi) is 6.33. The van der Waals surface area contributed by atoms with Crippen molar-refractivity contribution < 1.29 is 24.6 Å². The molecule has 0 aromatic carbocycles. The van der Waals surface area contributed by atoms with Crippen molar-refractivity contribution in [2.24, 2.45) is 0 Å². The van der Waals surface area contributed by atoms with Crippen molar-refractivity contribution in [2.75, 3.05) is 0 Å². The summed E-state index contributed by atoms with van der Waals surface area (Å²) >= 11 is 1.31. The number of rotatable bonds is 8. The Morgan fingerprint density at radius 3 is 2.55 bits per heavy atom.